The molecule has 20 heavy (non-hydrogen) atoms. The molecule has 2 saturated heterocycles. The van der Waals surface area contributed by atoms with Crippen molar-refractivity contribution >= 4 is 17.7 Å². The number of benzene rings is 1. The largest absolute Gasteiger partial charge is 0.469 e. The number of hydrogen-bond acceptors (Lipinski definition) is 4. The van der Waals surface area contributed by atoms with Gasteiger partial charge in [-0.05, 0) is 43.2 Å². The van der Waals surface area contributed by atoms with Gasteiger partial charge in [0.15, 0.2) is 0 Å². The Morgan fingerprint density at radius 2 is 2.05 bits per heavy atom. The first-order chi connectivity index (χ1) is 9.72. The average molecular weight is 291 g/mol. The molecule has 1 N–H and O–H groups in total. The summed E-state index contributed by atoms with van der Waals surface area (Å²) in [6.07, 6.45) is 5.38. The lowest BCUT2D eigenvalue weighted by Gasteiger charge is -2.36. The first-order valence-corrected chi connectivity index (χ1v) is 8.43. The van der Waals surface area contributed by atoms with E-state index < -0.39 is 0 Å². The number of fused-ring (bicyclic) bond motifs is 2. The first-order valence-electron chi connectivity index (χ1n) is 7.20. The Kier molecular flexibility index (Phi) is 4.03. The van der Waals surface area contributed by atoms with Gasteiger partial charge < -0.3 is 10.1 Å². The quantitative estimate of drug-likeness (QED) is 0.686. The van der Waals surface area contributed by atoms with Crippen molar-refractivity contribution in [3.8, 4) is 0 Å². The van der Waals surface area contributed by atoms with E-state index in [0.29, 0.717) is 6.04 Å². The lowest BCUT2D eigenvalue weighted by molar-refractivity contribution is -0.148. The zero-order valence-corrected chi connectivity index (χ0v) is 12.8. The van der Waals surface area contributed by atoms with Crippen LogP contribution in [-0.4, -0.2) is 31.4 Å². The van der Waals surface area contributed by atoms with Crippen LogP contribution in [-0.2, 0) is 9.53 Å². The number of piperidine rings is 1. The third kappa shape index (κ3) is 2.47. The first kappa shape index (κ1) is 14.0. The summed E-state index contributed by atoms with van der Waals surface area (Å²) in [5.74, 6) is 0.178. The van der Waals surface area contributed by atoms with Crippen molar-refractivity contribution in [2.45, 2.75) is 42.2 Å². The molecule has 108 valence electrons. The molecule has 4 atom stereocenters. The molecule has 2 bridgehead atoms. The summed E-state index contributed by atoms with van der Waals surface area (Å²) in [5.41, 5.74) is 1.27. The Morgan fingerprint density at radius 1 is 1.30 bits per heavy atom. The zero-order chi connectivity index (χ0) is 14.1. The molecule has 1 aromatic carbocycles. The molecule has 4 heteroatoms. The summed E-state index contributed by atoms with van der Waals surface area (Å²) >= 11 is 1.75. The minimum Gasteiger partial charge on any atom is -0.469 e. The zero-order valence-electron chi connectivity index (χ0n) is 12.0. The van der Waals surface area contributed by atoms with Crippen molar-refractivity contribution in [2.75, 3.05) is 13.4 Å². The van der Waals surface area contributed by atoms with Gasteiger partial charge in [-0.2, -0.15) is 0 Å². The lowest BCUT2D eigenvalue weighted by atomic mass is 9.77. The van der Waals surface area contributed by atoms with Crippen LogP contribution in [0.25, 0.3) is 0 Å². The van der Waals surface area contributed by atoms with Crippen LogP contribution in [0.3, 0.4) is 0 Å². The Labute approximate surface area is 124 Å². The van der Waals surface area contributed by atoms with E-state index >= 15 is 0 Å². The number of rotatable bonds is 3. The molecule has 2 heterocycles. The van der Waals surface area contributed by atoms with Crippen molar-refractivity contribution in [3.63, 3.8) is 0 Å². The molecule has 0 amide bonds. The summed E-state index contributed by atoms with van der Waals surface area (Å²) in [4.78, 5) is 13.5. The van der Waals surface area contributed by atoms with Gasteiger partial charge in [0.25, 0.3) is 0 Å². The van der Waals surface area contributed by atoms with Crippen molar-refractivity contribution in [1.82, 2.24) is 5.32 Å². The summed E-state index contributed by atoms with van der Waals surface area (Å²) in [5, 5.41) is 3.57. The van der Waals surface area contributed by atoms with E-state index in [1.54, 1.807) is 11.8 Å². The number of ether oxygens (including phenoxy) is 1. The van der Waals surface area contributed by atoms with E-state index in [0.717, 1.165) is 12.8 Å². The van der Waals surface area contributed by atoms with E-state index in [2.05, 4.69) is 35.8 Å². The van der Waals surface area contributed by atoms with Gasteiger partial charge in [-0.3, -0.25) is 4.79 Å². The topological polar surface area (TPSA) is 38.3 Å². The number of hydrogen-bond donors (Lipinski definition) is 1. The second-order valence-corrected chi connectivity index (χ2v) is 6.59. The molecule has 0 radical (unpaired) electrons. The van der Waals surface area contributed by atoms with Crippen LogP contribution in [0.2, 0.25) is 0 Å². The van der Waals surface area contributed by atoms with Crippen LogP contribution in [0, 0.1) is 5.92 Å². The van der Waals surface area contributed by atoms with Crippen LogP contribution in [0.4, 0.5) is 0 Å². The maximum atomic E-state index is 12.2. The predicted octanol–water partition coefficient (Wildman–Crippen LogP) is 2.81. The molecular weight excluding hydrogens is 270 g/mol. The Bertz CT molecular complexity index is 488. The van der Waals surface area contributed by atoms with E-state index in [1.165, 1.54) is 24.0 Å². The molecule has 2 aliphatic heterocycles. The van der Waals surface area contributed by atoms with Crippen LogP contribution in [0.5, 0.6) is 0 Å². The number of esters is 1. The fourth-order valence-corrected chi connectivity index (χ4v) is 4.12. The normalized spacial score (nSPS) is 32.1. The predicted molar refractivity (Wildman–Crippen MR) is 81.0 cm³/mol. The maximum absolute atomic E-state index is 12.2. The fourth-order valence-electron chi connectivity index (χ4n) is 3.71. The molecular formula is C16H21NO2S. The van der Waals surface area contributed by atoms with E-state index in [4.69, 9.17) is 4.74 Å². The molecule has 3 rings (SSSR count). The summed E-state index contributed by atoms with van der Waals surface area (Å²) in [6.45, 7) is 0. The second kappa shape index (κ2) is 5.78. The highest BCUT2D eigenvalue weighted by atomic mass is 32.2. The summed E-state index contributed by atoms with van der Waals surface area (Å²) < 4.78 is 5.05. The van der Waals surface area contributed by atoms with Crippen molar-refractivity contribution in [2.24, 2.45) is 5.92 Å². The highest BCUT2D eigenvalue weighted by molar-refractivity contribution is 7.98. The number of nitrogens with one attached hydrogen (secondary N) is 1. The molecule has 0 spiro atoms. The fraction of sp³-hybridized carbons (Fsp3) is 0.562. The van der Waals surface area contributed by atoms with Gasteiger partial charge in [0.2, 0.25) is 0 Å². The van der Waals surface area contributed by atoms with E-state index in [9.17, 15) is 4.79 Å². The SMILES string of the molecule is COC(=O)C1C2CCC(CC1c1ccc(SC)cc1)N2. The maximum Gasteiger partial charge on any atom is 0.310 e. The molecule has 4 unspecified atom stereocenters. The van der Waals surface area contributed by atoms with Gasteiger partial charge in [0.1, 0.15) is 0 Å². The minimum absolute atomic E-state index is 0.0427. The van der Waals surface area contributed by atoms with Gasteiger partial charge >= 0.3 is 5.97 Å². The van der Waals surface area contributed by atoms with E-state index in [-0.39, 0.29) is 23.8 Å². The highest BCUT2D eigenvalue weighted by Gasteiger charge is 2.46. The monoisotopic (exact) mass is 291 g/mol. The molecule has 0 aliphatic carbocycles. The van der Waals surface area contributed by atoms with Crippen molar-refractivity contribution in [1.29, 1.82) is 0 Å². The van der Waals surface area contributed by atoms with Gasteiger partial charge in [-0.15, -0.1) is 11.8 Å². The van der Waals surface area contributed by atoms with Gasteiger partial charge in [-0.1, -0.05) is 12.1 Å². The van der Waals surface area contributed by atoms with Gasteiger partial charge in [0, 0.05) is 22.9 Å². The molecule has 2 aliphatic rings. The number of carbonyl (C=O) groups excluding carboxylic acids is 1. The van der Waals surface area contributed by atoms with Crippen LogP contribution in [0.15, 0.2) is 29.2 Å². The van der Waals surface area contributed by atoms with Gasteiger partial charge in [0.05, 0.1) is 13.0 Å². The smallest absolute Gasteiger partial charge is 0.310 e. The minimum atomic E-state index is -0.0678. The number of thioether (sulfide) groups is 1. The highest BCUT2D eigenvalue weighted by Crippen LogP contribution is 2.42. The standard InChI is InChI=1S/C16H21NO2S/c1-19-16(18)15-13(9-11-5-8-14(15)17-11)10-3-6-12(20-2)7-4-10/h3-4,6-7,11,13-15,17H,5,8-9H2,1-2H3. The molecule has 3 nitrogen and oxygen atoms in total. The number of carbonyl (C=O) groups is 1. The molecule has 1 aromatic rings. The Hall–Kier alpha value is -1.00. The third-order valence-electron chi connectivity index (χ3n) is 4.70. The Morgan fingerprint density at radius 3 is 2.70 bits per heavy atom. The van der Waals surface area contributed by atoms with Crippen LogP contribution in [0.1, 0.15) is 30.7 Å². The van der Waals surface area contributed by atoms with Crippen molar-refractivity contribution < 1.29 is 9.53 Å². The third-order valence-corrected chi connectivity index (χ3v) is 5.44. The Balaban J connectivity index is 1.89. The van der Waals surface area contributed by atoms with Crippen molar-refractivity contribution in [3.05, 3.63) is 29.8 Å². The summed E-state index contributed by atoms with van der Waals surface area (Å²) in [7, 11) is 1.50. The average Bonchev–Trinajstić information content (AvgIpc) is 2.88. The van der Waals surface area contributed by atoms with E-state index in [1.807, 2.05) is 0 Å². The number of methoxy groups -OCH3 is 1. The second-order valence-electron chi connectivity index (χ2n) is 5.71. The van der Waals surface area contributed by atoms with Gasteiger partial charge in [-0.25, -0.2) is 0 Å². The summed E-state index contributed by atoms with van der Waals surface area (Å²) in [6, 6.07) is 9.50. The molecule has 0 saturated carbocycles. The lowest BCUT2D eigenvalue weighted by Crippen LogP contribution is -2.48. The van der Waals surface area contributed by atoms with Crippen LogP contribution >= 0.6 is 11.8 Å². The van der Waals surface area contributed by atoms with Crippen LogP contribution < -0.4 is 5.32 Å². The molecule has 0 aromatic heterocycles. The molecule has 2 fully saturated rings.